The Labute approximate surface area is 192 Å². The Balaban J connectivity index is 1.98. The smallest absolute Gasteiger partial charge is 0.233 e. The number of halogens is 1. The molecule has 6 nitrogen and oxygen atoms in total. The molecule has 0 radical (unpaired) electrons. The summed E-state index contributed by atoms with van der Waals surface area (Å²) in [6.07, 6.45) is 0. The Hall–Kier alpha value is -2.51. The van der Waals surface area contributed by atoms with Gasteiger partial charge in [0.25, 0.3) is 0 Å². The fourth-order valence-corrected chi connectivity index (χ4v) is 4.03. The number of nitrogens with zero attached hydrogens (tertiary/aromatic N) is 3. The van der Waals surface area contributed by atoms with Crippen molar-refractivity contribution in [3.8, 4) is 22.8 Å². The molecule has 1 atom stereocenters. The Bertz CT molecular complexity index is 1020. The van der Waals surface area contributed by atoms with Crippen molar-refractivity contribution in [3.05, 3.63) is 53.6 Å². The number of hydrogen-bond donors (Lipinski definition) is 1. The lowest BCUT2D eigenvalue weighted by molar-refractivity contribution is -0.120. The molecule has 1 N–H and O–H groups in total. The Morgan fingerprint density at radius 1 is 1.13 bits per heavy atom. The summed E-state index contributed by atoms with van der Waals surface area (Å²) >= 11 is 7.81. The largest absolute Gasteiger partial charge is 0.494 e. The number of ether oxygens (including phenoxy) is 1. The molecule has 0 saturated carbocycles. The SMILES string of the molecule is CCOc1ccc(-n2c(SC(C)C(=O)NCC(C)C)nnc2-c2ccccc2Cl)cc1. The van der Waals surface area contributed by atoms with Gasteiger partial charge in [-0.05, 0) is 56.2 Å². The van der Waals surface area contributed by atoms with Crippen LogP contribution in [-0.2, 0) is 4.79 Å². The zero-order valence-electron chi connectivity index (χ0n) is 18.1. The van der Waals surface area contributed by atoms with Gasteiger partial charge in [0.05, 0.1) is 16.9 Å². The van der Waals surface area contributed by atoms with Crippen LogP contribution in [0, 0.1) is 5.92 Å². The van der Waals surface area contributed by atoms with E-state index in [9.17, 15) is 4.79 Å². The normalized spacial score (nSPS) is 12.1. The predicted octanol–water partition coefficient (Wildman–Crippen LogP) is 5.24. The average molecular weight is 459 g/mol. The number of aromatic nitrogens is 3. The molecule has 2 aromatic carbocycles. The van der Waals surface area contributed by atoms with Gasteiger partial charge in [-0.3, -0.25) is 9.36 Å². The molecule has 31 heavy (non-hydrogen) atoms. The molecule has 164 valence electrons. The Kier molecular flexibility index (Phi) is 7.98. The van der Waals surface area contributed by atoms with E-state index in [1.807, 2.05) is 66.9 Å². The van der Waals surface area contributed by atoms with Crippen molar-refractivity contribution in [2.24, 2.45) is 5.92 Å². The van der Waals surface area contributed by atoms with Crippen molar-refractivity contribution in [1.29, 1.82) is 0 Å². The van der Waals surface area contributed by atoms with Crippen molar-refractivity contribution in [3.63, 3.8) is 0 Å². The summed E-state index contributed by atoms with van der Waals surface area (Å²) in [5.41, 5.74) is 1.63. The molecule has 1 amide bonds. The third-order valence-electron chi connectivity index (χ3n) is 4.49. The van der Waals surface area contributed by atoms with Gasteiger partial charge in [-0.1, -0.05) is 49.3 Å². The minimum Gasteiger partial charge on any atom is -0.494 e. The third kappa shape index (κ3) is 5.80. The summed E-state index contributed by atoms with van der Waals surface area (Å²) in [6.45, 7) is 9.19. The number of benzene rings is 2. The first-order chi connectivity index (χ1) is 14.9. The molecular formula is C23H27ClN4O2S. The van der Waals surface area contributed by atoms with Gasteiger partial charge < -0.3 is 10.1 Å². The maximum absolute atomic E-state index is 12.5. The summed E-state index contributed by atoms with van der Waals surface area (Å²) in [5, 5.41) is 12.7. The van der Waals surface area contributed by atoms with E-state index in [2.05, 4.69) is 29.4 Å². The highest BCUT2D eigenvalue weighted by Gasteiger charge is 2.22. The van der Waals surface area contributed by atoms with Crippen LogP contribution >= 0.6 is 23.4 Å². The minimum atomic E-state index is -0.330. The van der Waals surface area contributed by atoms with Gasteiger partial charge in [-0.2, -0.15) is 0 Å². The Morgan fingerprint density at radius 2 is 1.84 bits per heavy atom. The molecule has 1 heterocycles. The van der Waals surface area contributed by atoms with E-state index in [0.717, 1.165) is 17.0 Å². The van der Waals surface area contributed by atoms with Crippen LogP contribution in [0.4, 0.5) is 0 Å². The summed E-state index contributed by atoms with van der Waals surface area (Å²) in [7, 11) is 0. The molecule has 0 spiro atoms. The van der Waals surface area contributed by atoms with E-state index in [0.29, 0.717) is 35.1 Å². The highest BCUT2D eigenvalue weighted by Crippen LogP contribution is 2.33. The lowest BCUT2D eigenvalue weighted by Crippen LogP contribution is -2.33. The molecule has 0 aliphatic heterocycles. The first kappa shape index (κ1) is 23.2. The quantitative estimate of drug-likeness (QED) is 0.444. The zero-order chi connectivity index (χ0) is 22.4. The molecule has 0 bridgehead atoms. The summed E-state index contributed by atoms with van der Waals surface area (Å²) < 4.78 is 7.49. The molecule has 1 aromatic heterocycles. The van der Waals surface area contributed by atoms with Gasteiger partial charge in [0, 0.05) is 17.8 Å². The number of amides is 1. The van der Waals surface area contributed by atoms with Gasteiger partial charge in [0.1, 0.15) is 5.75 Å². The molecule has 0 aliphatic rings. The van der Waals surface area contributed by atoms with E-state index in [-0.39, 0.29) is 11.2 Å². The topological polar surface area (TPSA) is 69.0 Å². The second-order valence-corrected chi connectivity index (χ2v) is 9.16. The van der Waals surface area contributed by atoms with Crippen molar-refractivity contribution in [2.45, 2.75) is 38.1 Å². The van der Waals surface area contributed by atoms with Crippen LogP contribution in [0.5, 0.6) is 5.75 Å². The van der Waals surface area contributed by atoms with Gasteiger partial charge >= 0.3 is 0 Å². The van der Waals surface area contributed by atoms with Crippen LogP contribution < -0.4 is 10.1 Å². The lowest BCUT2D eigenvalue weighted by atomic mass is 10.2. The number of rotatable bonds is 9. The standard InChI is InChI=1S/C23H27ClN4O2S/c1-5-30-18-12-10-17(11-13-18)28-21(19-8-6-7-9-20(19)24)26-27-23(28)31-16(4)22(29)25-14-15(2)3/h6-13,15-16H,5,14H2,1-4H3,(H,25,29). The van der Waals surface area contributed by atoms with Crippen molar-refractivity contribution < 1.29 is 9.53 Å². The molecule has 3 aromatic rings. The van der Waals surface area contributed by atoms with Gasteiger partial charge in [0.2, 0.25) is 5.91 Å². The van der Waals surface area contributed by atoms with Crippen molar-refractivity contribution >= 4 is 29.3 Å². The van der Waals surface area contributed by atoms with E-state index in [4.69, 9.17) is 16.3 Å². The average Bonchev–Trinajstić information content (AvgIpc) is 3.16. The van der Waals surface area contributed by atoms with Gasteiger partial charge in [-0.15, -0.1) is 10.2 Å². The minimum absolute atomic E-state index is 0.0285. The van der Waals surface area contributed by atoms with Crippen LogP contribution in [0.15, 0.2) is 53.7 Å². The fourth-order valence-electron chi connectivity index (χ4n) is 2.91. The van der Waals surface area contributed by atoms with Crippen LogP contribution in [0.3, 0.4) is 0 Å². The predicted molar refractivity (Wildman–Crippen MR) is 126 cm³/mol. The van der Waals surface area contributed by atoms with Crippen LogP contribution in [0.25, 0.3) is 17.1 Å². The molecule has 1 unspecified atom stereocenters. The summed E-state index contributed by atoms with van der Waals surface area (Å²) in [6, 6.07) is 15.2. The van der Waals surface area contributed by atoms with Crippen LogP contribution in [0.1, 0.15) is 27.7 Å². The molecule has 0 fully saturated rings. The Morgan fingerprint density at radius 3 is 2.48 bits per heavy atom. The number of hydrogen-bond acceptors (Lipinski definition) is 5. The second-order valence-electron chi connectivity index (χ2n) is 7.45. The van der Waals surface area contributed by atoms with Crippen LogP contribution in [-0.4, -0.2) is 39.1 Å². The van der Waals surface area contributed by atoms with Gasteiger partial charge in [0.15, 0.2) is 11.0 Å². The summed E-state index contributed by atoms with van der Waals surface area (Å²) in [5.74, 6) is 1.76. The molecular weight excluding hydrogens is 432 g/mol. The first-order valence-electron chi connectivity index (χ1n) is 10.3. The summed E-state index contributed by atoms with van der Waals surface area (Å²) in [4.78, 5) is 12.5. The number of thioether (sulfide) groups is 1. The van der Waals surface area contributed by atoms with E-state index < -0.39 is 0 Å². The van der Waals surface area contributed by atoms with Crippen molar-refractivity contribution in [1.82, 2.24) is 20.1 Å². The molecule has 3 rings (SSSR count). The van der Waals surface area contributed by atoms with E-state index >= 15 is 0 Å². The number of nitrogens with one attached hydrogen (secondary N) is 1. The van der Waals surface area contributed by atoms with E-state index in [1.165, 1.54) is 11.8 Å². The number of carbonyl (C=O) groups is 1. The first-order valence-corrected chi connectivity index (χ1v) is 11.5. The van der Waals surface area contributed by atoms with Crippen molar-refractivity contribution in [2.75, 3.05) is 13.2 Å². The second kappa shape index (κ2) is 10.7. The molecule has 8 heteroatoms. The number of carbonyl (C=O) groups excluding carboxylic acids is 1. The molecule has 0 aliphatic carbocycles. The maximum atomic E-state index is 12.5. The van der Waals surface area contributed by atoms with Crippen LogP contribution in [0.2, 0.25) is 5.02 Å². The highest BCUT2D eigenvalue weighted by molar-refractivity contribution is 8.00. The lowest BCUT2D eigenvalue weighted by Gasteiger charge is -2.15. The monoisotopic (exact) mass is 458 g/mol. The maximum Gasteiger partial charge on any atom is 0.233 e. The third-order valence-corrected chi connectivity index (χ3v) is 5.86. The zero-order valence-corrected chi connectivity index (χ0v) is 19.7. The molecule has 0 saturated heterocycles. The van der Waals surface area contributed by atoms with E-state index in [1.54, 1.807) is 0 Å². The highest BCUT2D eigenvalue weighted by atomic mass is 35.5. The van der Waals surface area contributed by atoms with Gasteiger partial charge in [-0.25, -0.2) is 0 Å². The fraction of sp³-hybridized carbons (Fsp3) is 0.348.